The zero-order valence-electron chi connectivity index (χ0n) is 12.8. The molecule has 22 heavy (non-hydrogen) atoms. The number of hydrogen-bond acceptors (Lipinski definition) is 3. The van der Waals surface area contributed by atoms with Crippen molar-refractivity contribution in [2.75, 3.05) is 0 Å². The Hall–Kier alpha value is -0.820. The van der Waals surface area contributed by atoms with E-state index in [4.69, 9.17) is 21.4 Å². The second-order valence-corrected chi connectivity index (χ2v) is 6.60. The third-order valence-electron chi connectivity index (χ3n) is 4.69. The highest BCUT2D eigenvalue weighted by atomic mass is 19.4. The molecule has 2 fully saturated rings. The number of hydrogen-bond donors (Lipinski definition) is 3. The predicted octanol–water partition coefficient (Wildman–Crippen LogP) is 3.04. The van der Waals surface area contributed by atoms with E-state index in [9.17, 15) is 13.2 Å². The number of halogens is 3. The number of nitrogens with two attached hydrogens (primary N) is 2. The molecule has 0 aromatic heterocycles. The van der Waals surface area contributed by atoms with Gasteiger partial charge in [-0.3, -0.25) is 0 Å². The first-order chi connectivity index (χ1) is 10.2. The molecule has 2 aliphatic rings. The van der Waals surface area contributed by atoms with Gasteiger partial charge in [-0.05, 0) is 69.6 Å². The highest BCUT2D eigenvalue weighted by Gasteiger charge is 2.38. The third kappa shape index (κ3) is 7.45. The number of carboxylic acid groups (broad SMARTS) is 1. The lowest BCUT2D eigenvalue weighted by atomic mass is 9.76. The van der Waals surface area contributed by atoms with E-state index >= 15 is 0 Å². The molecule has 2 aliphatic carbocycles. The van der Waals surface area contributed by atoms with E-state index in [0.29, 0.717) is 12.1 Å². The molecule has 0 unspecified atom stereocenters. The standard InChI is InChI=1S/C13H26N2.C2HF3O2/c14-12-5-1-10(2-6-12)9-11-3-7-13(15)8-4-11;3-2(4,5)1(6)7/h10-13H,1-9,14-15H2;(H,6,7). The molecule has 0 heterocycles. The minimum absolute atomic E-state index is 0.501. The van der Waals surface area contributed by atoms with Gasteiger partial charge in [0.05, 0.1) is 0 Å². The van der Waals surface area contributed by atoms with Crippen LogP contribution in [0.3, 0.4) is 0 Å². The fourth-order valence-electron chi connectivity index (χ4n) is 3.32. The molecular formula is C15H27F3N2O2. The van der Waals surface area contributed by atoms with Crippen LogP contribution < -0.4 is 11.5 Å². The Bertz CT molecular complexity index is 314. The van der Waals surface area contributed by atoms with Crippen molar-refractivity contribution in [1.82, 2.24) is 0 Å². The monoisotopic (exact) mass is 324 g/mol. The number of rotatable bonds is 2. The summed E-state index contributed by atoms with van der Waals surface area (Å²) >= 11 is 0. The fraction of sp³-hybridized carbons (Fsp3) is 0.933. The van der Waals surface area contributed by atoms with Crippen molar-refractivity contribution in [2.45, 2.75) is 76.0 Å². The second-order valence-electron chi connectivity index (χ2n) is 6.60. The average molecular weight is 324 g/mol. The van der Waals surface area contributed by atoms with Crippen LogP contribution in [0.5, 0.6) is 0 Å². The van der Waals surface area contributed by atoms with Gasteiger partial charge < -0.3 is 16.6 Å². The van der Waals surface area contributed by atoms with Crippen LogP contribution in [0, 0.1) is 11.8 Å². The van der Waals surface area contributed by atoms with E-state index in [-0.39, 0.29) is 0 Å². The fourth-order valence-corrected chi connectivity index (χ4v) is 3.32. The molecular weight excluding hydrogens is 297 g/mol. The van der Waals surface area contributed by atoms with Crippen molar-refractivity contribution in [3.63, 3.8) is 0 Å². The van der Waals surface area contributed by atoms with Gasteiger partial charge in [0.15, 0.2) is 0 Å². The van der Waals surface area contributed by atoms with Crippen LogP contribution in [0.25, 0.3) is 0 Å². The molecule has 2 saturated carbocycles. The summed E-state index contributed by atoms with van der Waals surface area (Å²) in [7, 11) is 0. The van der Waals surface area contributed by atoms with Gasteiger partial charge in [0.1, 0.15) is 0 Å². The summed E-state index contributed by atoms with van der Waals surface area (Å²) in [6, 6.07) is 1.00. The molecule has 4 nitrogen and oxygen atoms in total. The van der Waals surface area contributed by atoms with Crippen molar-refractivity contribution < 1.29 is 23.1 Å². The maximum Gasteiger partial charge on any atom is 0.490 e. The van der Waals surface area contributed by atoms with Gasteiger partial charge in [-0.1, -0.05) is 0 Å². The lowest BCUT2D eigenvalue weighted by Crippen LogP contribution is -2.30. The molecule has 0 aliphatic heterocycles. The van der Waals surface area contributed by atoms with Crippen molar-refractivity contribution in [3.8, 4) is 0 Å². The van der Waals surface area contributed by atoms with Gasteiger partial charge in [-0.2, -0.15) is 13.2 Å². The van der Waals surface area contributed by atoms with Crippen LogP contribution >= 0.6 is 0 Å². The zero-order valence-corrected chi connectivity index (χ0v) is 12.8. The van der Waals surface area contributed by atoms with E-state index in [1.165, 1.54) is 57.8 Å². The number of carbonyl (C=O) groups is 1. The molecule has 0 aromatic carbocycles. The maximum absolute atomic E-state index is 10.6. The van der Waals surface area contributed by atoms with Crippen LogP contribution in [0.2, 0.25) is 0 Å². The normalized spacial score (nSPS) is 32.8. The van der Waals surface area contributed by atoms with Gasteiger partial charge >= 0.3 is 12.1 Å². The highest BCUT2D eigenvalue weighted by Crippen LogP contribution is 2.34. The van der Waals surface area contributed by atoms with E-state index < -0.39 is 12.1 Å². The van der Waals surface area contributed by atoms with Crippen LogP contribution in [-0.2, 0) is 4.79 Å². The molecule has 0 amide bonds. The minimum atomic E-state index is -5.08. The van der Waals surface area contributed by atoms with Crippen LogP contribution in [0.15, 0.2) is 0 Å². The summed E-state index contributed by atoms with van der Waals surface area (Å²) < 4.78 is 31.7. The third-order valence-corrected chi connectivity index (χ3v) is 4.69. The largest absolute Gasteiger partial charge is 0.490 e. The average Bonchev–Trinajstić information content (AvgIpc) is 2.43. The Morgan fingerprint density at radius 2 is 1.14 bits per heavy atom. The first-order valence-corrected chi connectivity index (χ1v) is 7.99. The van der Waals surface area contributed by atoms with Gasteiger partial charge in [0.25, 0.3) is 0 Å². The topological polar surface area (TPSA) is 89.3 Å². The summed E-state index contributed by atoms with van der Waals surface area (Å²) in [5.41, 5.74) is 11.9. The molecule has 2 rings (SSSR count). The zero-order chi connectivity index (χ0) is 16.8. The van der Waals surface area contributed by atoms with E-state index in [0.717, 1.165) is 11.8 Å². The molecule has 0 saturated heterocycles. The summed E-state index contributed by atoms with van der Waals surface area (Å²) in [4.78, 5) is 8.90. The van der Waals surface area contributed by atoms with Gasteiger partial charge in [-0.15, -0.1) is 0 Å². The summed E-state index contributed by atoms with van der Waals surface area (Å²) in [5, 5.41) is 7.12. The SMILES string of the molecule is NC1CCC(CC2CCC(N)CC2)CC1.O=C(O)C(F)(F)F. The van der Waals surface area contributed by atoms with Crippen molar-refractivity contribution in [1.29, 1.82) is 0 Å². The highest BCUT2D eigenvalue weighted by molar-refractivity contribution is 5.73. The summed E-state index contributed by atoms with van der Waals surface area (Å²) in [5.74, 6) is -0.805. The first kappa shape index (κ1) is 19.2. The van der Waals surface area contributed by atoms with Crippen molar-refractivity contribution >= 4 is 5.97 Å². The molecule has 0 radical (unpaired) electrons. The smallest absolute Gasteiger partial charge is 0.475 e. The molecule has 5 N–H and O–H groups in total. The maximum atomic E-state index is 10.6. The second kappa shape index (κ2) is 8.72. The number of carboxylic acids is 1. The van der Waals surface area contributed by atoms with E-state index in [1.54, 1.807) is 0 Å². The predicted molar refractivity (Wildman–Crippen MR) is 78.2 cm³/mol. The number of alkyl halides is 3. The first-order valence-electron chi connectivity index (χ1n) is 7.99. The lowest BCUT2D eigenvalue weighted by Gasteiger charge is -2.32. The molecule has 0 spiro atoms. The van der Waals surface area contributed by atoms with Gasteiger partial charge in [0.2, 0.25) is 0 Å². The lowest BCUT2D eigenvalue weighted by molar-refractivity contribution is -0.192. The van der Waals surface area contributed by atoms with Crippen LogP contribution in [0.4, 0.5) is 13.2 Å². The van der Waals surface area contributed by atoms with Crippen LogP contribution in [0.1, 0.15) is 57.8 Å². The molecule has 0 aromatic rings. The Morgan fingerprint density at radius 1 is 0.864 bits per heavy atom. The van der Waals surface area contributed by atoms with Crippen LogP contribution in [-0.4, -0.2) is 29.3 Å². The molecule has 0 bridgehead atoms. The number of aliphatic carboxylic acids is 1. The van der Waals surface area contributed by atoms with Gasteiger partial charge in [0, 0.05) is 12.1 Å². The minimum Gasteiger partial charge on any atom is -0.475 e. The van der Waals surface area contributed by atoms with E-state index in [1.807, 2.05) is 0 Å². The Balaban J connectivity index is 0.000000295. The quantitative estimate of drug-likeness (QED) is 0.728. The van der Waals surface area contributed by atoms with Crippen molar-refractivity contribution in [3.05, 3.63) is 0 Å². The summed E-state index contributed by atoms with van der Waals surface area (Å²) in [6.45, 7) is 0. The molecule has 0 atom stereocenters. The van der Waals surface area contributed by atoms with Gasteiger partial charge in [-0.25, -0.2) is 4.79 Å². The van der Waals surface area contributed by atoms with Crippen molar-refractivity contribution in [2.24, 2.45) is 23.3 Å². The Morgan fingerprint density at radius 3 is 1.36 bits per heavy atom. The molecule has 7 heteroatoms. The summed E-state index contributed by atoms with van der Waals surface area (Å²) in [6.07, 6.45) is 6.93. The molecule has 130 valence electrons. The Kier molecular flexibility index (Phi) is 7.62. The van der Waals surface area contributed by atoms with E-state index in [2.05, 4.69) is 0 Å². The Labute approximate surface area is 129 Å².